The maximum atomic E-state index is 11.5. The largest absolute Gasteiger partial charge is 0.325 e. The first-order valence-electron chi connectivity index (χ1n) is 6.05. The summed E-state index contributed by atoms with van der Waals surface area (Å²) < 4.78 is 1.70. The highest BCUT2D eigenvalue weighted by Crippen LogP contribution is 2.19. The van der Waals surface area contributed by atoms with Crippen molar-refractivity contribution in [2.75, 3.05) is 18.9 Å². The Morgan fingerprint density at radius 1 is 1.42 bits per heavy atom. The van der Waals surface area contributed by atoms with E-state index in [9.17, 15) is 4.79 Å². The Balaban J connectivity index is 2.22. The summed E-state index contributed by atoms with van der Waals surface area (Å²) >= 11 is 0. The molecule has 0 fully saturated rings. The van der Waals surface area contributed by atoms with Crippen molar-refractivity contribution in [3.63, 3.8) is 0 Å². The van der Waals surface area contributed by atoms with Crippen LogP contribution >= 0.6 is 0 Å². The standard InChI is InChI=1S/C12H16N6O/c1-3-18-12(15-16-17-18)9-5-4-6-10(7-9)14-11(19)8-13-2/h4-7,13H,3,8H2,1-2H3,(H,14,19). The van der Waals surface area contributed by atoms with Gasteiger partial charge >= 0.3 is 0 Å². The van der Waals surface area contributed by atoms with Crippen molar-refractivity contribution in [2.45, 2.75) is 13.5 Å². The van der Waals surface area contributed by atoms with Crippen molar-refractivity contribution in [3.05, 3.63) is 24.3 Å². The number of rotatable bonds is 5. The normalized spacial score (nSPS) is 10.4. The summed E-state index contributed by atoms with van der Waals surface area (Å²) in [5, 5.41) is 17.1. The molecule has 2 rings (SSSR count). The lowest BCUT2D eigenvalue weighted by Gasteiger charge is -2.07. The van der Waals surface area contributed by atoms with Gasteiger partial charge in [0.05, 0.1) is 6.54 Å². The van der Waals surface area contributed by atoms with Crippen LogP contribution in [0.1, 0.15) is 6.92 Å². The predicted octanol–water partition coefficient (Wildman–Crippen LogP) is 0.518. The number of carbonyl (C=O) groups excluding carboxylic acids is 1. The van der Waals surface area contributed by atoms with E-state index in [1.807, 2.05) is 31.2 Å². The fraction of sp³-hybridized carbons (Fsp3) is 0.333. The molecule has 0 spiro atoms. The Kier molecular flexibility index (Phi) is 4.19. The van der Waals surface area contributed by atoms with Crippen molar-refractivity contribution in [1.82, 2.24) is 25.5 Å². The number of aryl methyl sites for hydroxylation is 1. The highest BCUT2D eigenvalue weighted by Gasteiger charge is 2.08. The lowest BCUT2D eigenvalue weighted by atomic mass is 10.2. The second-order valence-electron chi connectivity index (χ2n) is 3.98. The van der Waals surface area contributed by atoms with Gasteiger partial charge in [-0.3, -0.25) is 4.79 Å². The molecule has 1 heterocycles. The molecule has 0 aliphatic heterocycles. The topological polar surface area (TPSA) is 84.7 Å². The molecule has 0 bridgehead atoms. The predicted molar refractivity (Wildman–Crippen MR) is 71.5 cm³/mol. The first kappa shape index (κ1) is 13.2. The average molecular weight is 260 g/mol. The van der Waals surface area contributed by atoms with Gasteiger partial charge in [-0.2, -0.15) is 0 Å². The van der Waals surface area contributed by atoms with E-state index >= 15 is 0 Å². The van der Waals surface area contributed by atoms with Gasteiger partial charge in [0, 0.05) is 17.8 Å². The summed E-state index contributed by atoms with van der Waals surface area (Å²) in [5.41, 5.74) is 1.59. The SMILES string of the molecule is CCn1nnnc1-c1cccc(NC(=O)CNC)c1. The Bertz CT molecular complexity index is 565. The highest BCUT2D eigenvalue weighted by atomic mass is 16.1. The van der Waals surface area contributed by atoms with E-state index in [2.05, 4.69) is 26.2 Å². The molecule has 0 atom stereocenters. The second kappa shape index (κ2) is 6.05. The van der Waals surface area contributed by atoms with Gasteiger partial charge in [0.2, 0.25) is 5.91 Å². The minimum Gasteiger partial charge on any atom is -0.325 e. The molecule has 0 aliphatic carbocycles. The van der Waals surface area contributed by atoms with Gasteiger partial charge in [0.1, 0.15) is 0 Å². The Morgan fingerprint density at radius 3 is 3.00 bits per heavy atom. The van der Waals surface area contributed by atoms with Gasteiger partial charge in [-0.15, -0.1) is 5.10 Å². The molecule has 2 N–H and O–H groups in total. The molecule has 0 aliphatic rings. The number of hydrogen-bond acceptors (Lipinski definition) is 5. The molecule has 7 heteroatoms. The zero-order valence-electron chi connectivity index (χ0n) is 10.9. The van der Waals surface area contributed by atoms with Crippen LogP contribution in [-0.2, 0) is 11.3 Å². The minimum absolute atomic E-state index is 0.0882. The first-order chi connectivity index (χ1) is 9.24. The number of benzene rings is 1. The summed E-state index contributed by atoms with van der Waals surface area (Å²) in [6, 6.07) is 7.45. The second-order valence-corrected chi connectivity index (χ2v) is 3.98. The zero-order valence-corrected chi connectivity index (χ0v) is 10.9. The van der Waals surface area contributed by atoms with E-state index < -0.39 is 0 Å². The molecule has 0 saturated carbocycles. The number of hydrogen-bond donors (Lipinski definition) is 2. The van der Waals surface area contributed by atoms with Crippen LogP contribution in [0.5, 0.6) is 0 Å². The molecule has 2 aromatic rings. The van der Waals surface area contributed by atoms with Crippen molar-refractivity contribution >= 4 is 11.6 Å². The quantitative estimate of drug-likeness (QED) is 0.818. The van der Waals surface area contributed by atoms with E-state index in [-0.39, 0.29) is 12.5 Å². The summed E-state index contributed by atoms with van der Waals surface area (Å²) in [6.07, 6.45) is 0. The Morgan fingerprint density at radius 2 is 2.26 bits per heavy atom. The van der Waals surface area contributed by atoms with Gasteiger partial charge in [0.15, 0.2) is 5.82 Å². The summed E-state index contributed by atoms with van der Waals surface area (Å²) in [4.78, 5) is 11.5. The molecule has 19 heavy (non-hydrogen) atoms. The first-order valence-corrected chi connectivity index (χ1v) is 6.05. The lowest BCUT2D eigenvalue weighted by Crippen LogP contribution is -2.25. The maximum absolute atomic E-state index is 11.5. The number of anilines is 1. The van der Waals surface area contributed by atoms with Gasteiger partial charge in [-0.1, -0.05) is 12.1 Å². The minimum atomic E-state index is -0.0882. The van der Waals surface area contributed by atoms with Crippen LogP contribution in [0.15, 0.2) is 24.3 Å². The molecule has 7 nitrogen and oxygen atoms in total. The van der Waals surface area contributed by atoms with Crippen LogP contribution in [0.25, 0.3) is 11.4 Å². The van der Waals surface area contributed by atoms with Crippen LogP contribution in [0.2, 0.25) is 0 Å². The third-order valence-corrected chi connectivity index (χ3v) is 2.57. The molecule has 1 aromatic heterocycles. The Hall–Kier alpha value is -2.28. The smallest absolute Gasteiger partial charge is 0.238 e. The van der Waals surface area contributed by atoms with E-state index in [4.69, 9.17) is 0 Å². The third kappa shape index (κ3) is 3.14. The summed E-state index contributed by atoms with van der Waals surface area (Å²) in [7, 11) is 1.73. The molecule has 0 saturated heterocycles. The van der Waals surface area contributed by atoms with Crippen LogP contribution in [0.3, 0.4) is 0 Å². The molecule has 0 radical (unpaired) electrons. The van der Waals surface area contributed by atoms with Gasteiger partial charge in [-0.25, -0.2) is 4.68 Å². The maximum Gasteiger partial charge on any atom is 0.238 e. The van der Waals surface area contributed by atoms with Crippen molar-refractivity contribution < 1.29 is 4.79 Å². The van der Waals surface area contributed by atoms with Crippen molar-refractivity contribution in [1.29, 1.82) is 0 Å². The van der Waals surface area contributed by atoms with E-state index in [0.29, 0.717) is 12.4 Å². The van der Waals surface area contributed by atoms with E-state index in [1.54, 1.807) is 11.7 Å². The van der Waals surface area contributed by atoms with Gasteiger partial charge < -0.3 is 10.6 Å². The monoisotopic (exact) mass is 260 g/mol. The third-order valence-electron chi connectivity index (χ3n) is 2.57. The van der Waals surface area contributed by atoms with Gasteiger partial charge in [0.25, 0.3) is 0 Å². The molecule has 100 valence electrons. The van der Waals surface area contributed by atoms with E-state index in [1.165, 1.54) is 0 Å². The van der Waals surface area contributed by atoms with Crippen LogP contribution in [0, 0.1) is 0 Å². The number of carbonyl (C=O) groups is 1. The Labute approximate surface area is 111 Å². The zero-order chi connectivity index (χ0) is 13.7. The van der Waals surface area contributed by atoms with Gasteiger partial charge in [-0.05, 0) is 36.5 Å². The van der Waals surface area contributed by atoms with Crippen molar-refractivity contribution in [2.24, 2.45) is 0 Å². The highest BCUT2D eigenvalue weighted by molar-refractivity contribution is 5.92. The fourth-order valence-electron chi connectivity index (χ4n) is 1.73. The van der Waals surface area contributed by atoms with Crippen LogP contribution < -0.4 is 10.6 Å². The number of aromatic nitrogens is 4. The fourth-order valence-corrected chi connectivity index (χ4v) is 1.73. The summed E-state index contributed by atoms with van der Waals surface area (Å²) in [5.74, 6) is 0.599. The lowest BCUT2D eigenvalue weighted by molar-refractivity contribution is -0.115. The number of likely N-dealkylation sites (N-methyl/N-ethyl adjacent to an activating group) is 1. The van der Waals surface area contributed by atoms with E-state index in [0.717, 1.165) is 11.3 Å². The van der Waals surface area contributed by atoms with Crippen LogP contribution in [-0.4, -0.2) is 39.7 Å². The number of amides is 1. The molecule has 0 unspecified atom stereocenters. The van der Waals surface area contributed by atoms with Crippen molar-refractivity contribution in [3.8, 4) is 11.4 Å². The number of nitrogens with one attached hydrogen (secondary N) is 2. The molecular formula is C12H16N6O. The number of nitrogens with zero attached hydrogens (tertiary/aromatic N) is 4. The van der Waals surface area contributed by atoms with Crippen LogP contribution in [0.4, 0.5) is 5.69 Å². The average Bonchev–Trinajstić information content (AvgIpc) is 2.87. The molecular weight excluding hydrogens is 244 g/mol. The molecule has 1 aromatic carbocycles. The number of tetrazole rings is 1. The molecule has 1 amide bonds. The summed E-state index contributed by atoms with van der Waals surface area (Å²) in [6.45, 7) is 2.94.